The summed E-state index contributed by atoms with van der Waals surface area (Å²) in [5.41, 5.74) is 0. The lowest BCUT2D eigenvalue weighted by Gasteiger charge is -2.01. The van der Waals surface area contributed by atoms with Crippen molar-refractivity contribution in [1.29, 1.82) is 0 Å². The van der Waals surface area contributed by atoms with Crippen LogP contribution in [0, 0.1) is 7.14 Å². The molecule has 0 radical (unpaired) electrons. The second kappa shape index (κ2) is 11.6. The molecule has 2 rings (SSSR count). The van der Waals surface area contributed by atoms with Crippen LogP contribution >= 0.6 is 7.82 Å². The van der Waals surface area contributed by atoms with Crippen molar-refractivity contribution >= 4 is 7.82 Å². The van der Waals surface area contributed by atoms with Gasteiger partial charge in [0, 0.05) is 0 Å². The van der Waals surface area contributed by atoms with Gasteiger partial charge in [-0.25, -0.2) is 0 Å². The van der Waals surface area contributed by atoms with E-state index in [1.54, 1.807) is 0 Å². The van der Waals surface area contributed by atoms with Crippen molar-refractivity contribution in [2.45, 2.75) is 6.68 Å². The molecule has 2 aromatic carbocycles. The van der Waals surface area contributed by atoms with Crippen molar-refractivity contribution in [3.05, 3.63) is 67.8 Å². The lowest BCUT2D eigenvalue weighted by Crippen LogP contribution is -3.61. The van der Waals surface area contributed by atoms with Gasteiger partial charge >= 0.3 is 27.9 Å². The van der Waals surface area contributed by atoms with Gasteiger partial charge in [-0.1, -0.05) is 36.4 Å². The van der Waals surface area contributed by atoms with Gasteiger partial charge in [0.25, 0.3) is 7.82 Å². The Labute approximate surface area is 136 Å². The zero-order chi connectivity index (χ0) is 17.0. The lowest BCUT2D eigenvalue weighted by atomic mass is 10.4. The average Bonchev–Trinajstić information content (AvgIpc) is 2.38. The number of hydrogen-bond acceptors (Lipinski definition) is 2. The first-order valence-electron chi connectivity index (χ1n) is 5.62. The second-order valence-electron chi connectivity index (χ2n) is 3.42. The highest BCUT2D eigenvalue weighted by molar-refractivity contribution is 7.43. The Bertz CT molecular complexity index is 503. The van der Waals surface area contributed by atoms with Crippen LogP contribution in [0.4, 0.5) is 13.2 Å². The van der Waals surface area contributed by atoms with E-state index in [-0.39, 0.29) is 21.2 Å². The highest BCUT2D eigenvalue weighted by Crippen LogP contribution is 2.18. The third-order valence-corrected chi connectivity index (χ3v) is 4.37. The van der Waals surface area contributed by atoms with Crippen molar-refractivity contribution < 1.29 is 53.6 Å². The first-order chi connectivity index (χ1) is 10.2. The molecule has 0 aromatic heterocycles. The minimum absolute atomic E-state index is 0.0287. The molecule has 0 saturated heterocycles. The molecule has 0 atom stereocenters. The number of phosphoric acid groups is 1. The van der Waals surface area contributed by atoms with Crippen LogP contribution in [0.15, 0.2) is 60.7 Å². The van der Waals surface area contributed by atoms with Gasteiger partial charge in [0.15, 0.2) is 7.14 Å². The van der Waals surface area contributed by atoms with E-state index in [4.69, 9.17) is 19.2 Å². The quantitative estimate of drug-likeness (QED) is 0.477. The predicted molar refractivity (Wildman–Crippen MR) is 69.4 cm³/mol. The number of hydrogen-bond donors (Lipinski definition) is 2. The summed E-state index contributed by atoms with van der Waals surface area (Å²) < 4.78 is 40.7. The Balaban J connectivity index is 0.000000411. The van der Waals surface area contributed by atoms with Gasteiger partial charge in [0.05, 0.1) is 0 Å². The molecule has 0 aliphatic rings. The van der Waals surface area contributed by atoms with E-state index >= 15 is 0 Å². The maximum Gasteiger partial charge on any atom is 0.379 e. The maximum atomic E-state index is 9.67. The van der Waals surface area contributed by atoms with Crippen LogP contribution in [0.25, 0.3) is 0 Å². The fourth-order valence-electron chi connectivity index (χ4n) is 1.08. The predicted octanol–water partition coefficient (Wildman–Crippen LogP) is -0.567. The molecule has 22 heavy (non-hydrogen) atoms. The van der Waals surface area contributed by atoms with E-state index in [2.05, 4.69) is 60.7 Å². The van der Waals surface area contributed by atoms with E-state index in [1.807, 2.05) is 0 Å². The molecule has 0 aliphatic carbocycles. The van der Waals surface area contributed by atoms with E-state index in [9.17, 15) is 13.2 Å². The number of halogens is 4. The highest BCUT2D eigenvalue weighted by Gasteiger charge is 2.12. The fraction of sp³-hybridized carbons (Fsp3) is 0.0769. The molecule has 2 N–H and O–H groups in total. The van der Waals surface area contributed by atoms with Crippen molar-refractivity contribution in [1.82, 2.24) is 0 Å². The van der Waals surface area contributed by atoms with Crippen LogP contribution in [0.5, 0.6) is 0 Å². The third kappa shape index (κ3) is 17.1. The van der Waals surface area contributed by atoms with E-state index < -0.39 is 14.5 Å². The van der Waals surface area contributed by atoms with Gasteiger partial charge in [-0.2, -0.15) is 13.2 Å². The SMILES string of the molecule is FC(F)F.O=P([O-])(O)O.c1ccc([I+]c2ccccc2)cc1. The van der Waals surface area contributed by atoms with Gasteiger partial charge in [0.2, 0.25) is 0 Å². The Morgan fingerprint density at radius 2 is 1.09 bits per heavy atom. The summed E-state index contributed by atoms with van der Waals surface area (Å²) in [6.07, 6.45) is 0. The van der Waals surface area contributed by atoms with Crippen LogP contribution in [0.1, 0.15) is 0 Å². The van der Waals surface area contributed by atoms with Gasteiger partial charge in [-0.05, 0) is 24.3 Å². The summed E-state index contributed by atoms with van der Waals surface area (Å²) in [6.45, 7) is -3.67. The molecule has 0 aliphatic heterocycles. The second-order valence-corrected chi connectivity index (χ2v) is 7.44. The van der Waals surface area contributed by atoms with Gasteiger partial charge < -0.3 is 14.7 Å². The Morgan fingerprint density at radius 1 is 0.864 bits per heavy atom. The molecule has 0 saturated carbocycles. The zero-order valence-corrected chi connectivity index (χ0v) is 14.1. The minimum Gasteiger partial charge on any atom is -0.756 e. The first kappa shape index (κ1) is 21.1. The average molecular weight is 448 g/mol. The van der Waals surface area contributed by atoms with Crippen LogP contribution in [-0.4, -0.2) is 16.5 Å². The standard InChI is InChI=1S/C12H10I.CHF3.H3O4P/c1-3-7-11(8-4-1)13-12-9-5-2-6-10-12;2-1(3)4;1-5(2,3)4/h1-10H;1H;(H3,1,2,3,4)/q+1;;/p-1. The summed E-state index contributed by atoms with van der Waals surface area (Å²) in [6, 6.07) is 21.4. The fourth-order valence-corrected chi connectivity index (χ4v) is 3.35. The molecular formula is C13H13F3IO4P. The number of alkyl halides is 3. The van der Waals surface area contributed by atoms with E-state index in [1.165, 1.54) is 7.14 Å². The molecule has 4 nitrogen and oxygen atoms in total. The molecular weight excluding hydrogens is 435 g/mol. The van der Waals surface area contributed by atoms with Gasteiger partial charge in [-0.15, -0.1) is 0 Å². The normalized spacial score (nSPS) is 10.1. The van der Waals surface area contributed by atoms with Crippen molar-refractivity contribution in [3.63, 3.8) is 0 Å². The Hall–Kier alpha value is -0.930. The summed E-state index contributed by atoms with van der Waals surface area (Å²) in [5, 5.41) is 0. The van der Waals surface area contributed by atoms with Gasteiger partial charge in [0.1, 0.15) is 0 Å². The molecule has 0 bridgehead atoms. The van der Waals surface area contributed by atoms with Gasteiger partial charge in [-0.3, -0.25) is 4.57 Å². The molecule has 0 spiro atoms. The molecule has 0 amide bonds. The monoisotopic (exact) mass is 448 g/mol. The summed E-state index contributed by atoms with van der Waals surface area (Å²) in [7, 11) is -4.89. The maximum absolute atomic E-state index is 9.67. The first-order valence-corrected chi connectivity index (χ1v) is 9.31. The Kier molecular flexibility index (Phi) is 11.1. The Morgan fingerprint density at radius 3 is 1.32 bits per heavy atom. The topological polar surface area (TPSA) is 80.6 Å². The van der Waals surface area contributed by atoms with Crippen LogP contribution in [-0.2, 0) is 4.57 Å². The van der Waals surface area contributed by atoms with E-state index in [0.717, 1.165) is 0 Å². The lowest BCUT2D eigenvalue weighted by molar-refractivity contribution is -0.597. The smallest absolute Gasteiger partial charge is 0.379 e. The molecule has 0 heterocycles. The summed E-state index contributed by atoms with van der Waals surface area (Å²) >= 11 is 0.0287. The van der Waals surface area contributed by atoms with Crippen LogP contribution in [0.2, 0.25) is 0 Å². The molecule has 122 valence electrons. The van der Waals surface area contributed by atoms with Crippen molar-refractivity contribution in [2.24, 2.45) is 0 Å². The van der Waals surface area contributed by atoms with Crippen molar-refractivity contribution in [3.8, 4) is 0 Å². The molecule has 0 fully saturated rings. The highest BCUT2D eigenvalue weighted by atomic mass is 127. The summed E-state index contributed by atoms with van der Waals surface area (Å²) in [4.78, 5) is 22.9. The van der Waals surface area contributed by atoms with Crippen LogP contribution in [0.3, 0.4) is 0 Å². The van der Waals surface area contributed by atoms with Crippen LogP contribution < -0.4 is 26.1 Å². The molecule has 2 aromatic rings. The third-order valence-electron chi connectivity index (χ3n) is 1.68. The molecule has 9 heteroatoms. The van der Waals surface area contributed by atoms with E-state index in [0.29, 0.717) is 0 Å². The largest absolute Gasteiger partial charge is 0.756 e. The zero-order valence-electron chi connectivity index (χ0n) is 11.0. The minimum atomic E-state index is -4.89. The van der Waals surface area contributed by atoms with Crippen molar-refractivity contribution in [2.75, 3.05) is 0 Å². The number of benzene rings is 2. The number of rotatable bonds is 2. The summed E-state index contributed by atoms with van der Waals surface area (Å²) in [5.74, 6) is 0. The molecule has 0 unspecified atom stereocenters.